The van der Waals surface area contributed by atoms with Crippen molar-refractivity contribution in [1.29, 1.82) is 0 Å². The van der Waals surface area contributed by atoms with E-state index in [1.807, 2.05) is 0 Å². The summed E-state index contributed by atoms with van der Waals surface area (Å²) in [7, 11) is -2.99. The van der Waals surface area contributed by atoms with Gasteiger partial charge in [0, 0.05) is 13.5 Å². The van der Waals surface area contributed by atoms with Gasteiger partial charge in [0.15, 0.2) is 5.79 Å². The maximum Gasteiger partial charge on any atom is 0.421 e. The van der Waals surface area contributed by atoms with Gasteiger partial charge in [-0.25, -0.2) is 17.9 Å². The minimum Gasteiger partial charge on any atom is -0.443 e. The molecule has 0 aromatic heterocycles. The fraction of sp³-hybridized carbons (Fsp3) is 0.923. The molecule has 0 heterocycles. The van der Waals surface area contributed by atoms with E-state index in [9.17, 15) is 13.2 Å². The Bertz CT molecular complexity index is 483. The van der Waals surface area contributed by atoms with Crippen LogP contribution in [-0.4, -0.2) is 38.1 Å². The standard InChI is InChI=1S/C13H28N2O6S/c1-8-9-13(14,21-12(5,6)19-7)22(17,18)15-10(16)20-11(2,3)4/h8-9,14H2,1-7H3,(H,15,16). The number of sulfonamides is 1. The van der Waals surface area contributed by atoms with E-state index in [4.69, 9.17) is 19.9 Å². The molecule has 0 aromatic carbocycles. The van der Waals surface area contributed by atoms with Crippen LogP contribution in [0, 0.1) is 0 Å². The Hall–Kier alpha value is -0.900. The highest BCUT2D eigenvalue weighted by atomic mass is 32.2. The van der Waals surface area contributed by atoms with Gasteiger partial charge in [-0.05, 0) is 34.6 Å². The molecule has 0 saturated carbocycles. The largest absolute Gasteiger partial charge is 0.443 e. The van der Waals surface area contributed by atoms with Crippen LogP contribution >= 0.6 is 0 Å². The van der Waals surface area contributed by atoms with Gasteiger partial charge < -0.3 is 14.2 Å². The Labute approximate surface area is 132 Å². The summed E-state index contributed by atoms with van der Waals surface area (Å²) in [5.74, 6) is -1.24. The number of methoxy groups -OCH3 is 1. The Morgan fingerprint density at radius 2 is 1.68 bits per heavy atom. The summed E-state index contributed by atoms with van der Waals surface area (Å²) in [6.07, 6.45) is -0.721. The normalized spacial score (nSPS) is 16.0. The number of ether oxygens (including phenoxy) is 3. The lowest BCUT2D eigenvalue weighted by Gasteiger charge is -2.36. The first-order valence-corrected chi connectivity index (χ1v) is 8.46. The van der Waals surface area contributed by atoms with E-state index in [2.05, 4.69) is 0 Å². The first kappa shape index (κ1) is 21.1. The van der Waals surface area contributed by atoms with Crippen molar-refractivity contribution in [3.05, 3.63) is 0 Å². The molecule has 0 bridgehead atoms. The molecule has 1 atom stereocenters. The van der Waals surface area contributed by atoms with E-state index in [1.165, 1.54) is 21.0 Å². The van der Waals surface area contributed by atoms with Crippen molar-refractivity contribution in [1.82, 2.24) is 4.72 Å². The van der Waals surface area contributed by atoms with Gasteiger partial charge in [0.2, 0.25) is 5.06 Å². The molecular formula is C13H28N2O6S. The van der Waals surface area contributed by atoms with Crippen LogP contribution in [0.3, 0.4) is 0 Å². The highest BCUT2D eigenvalue weighted by Gasteiger charge is 2.46. The third-order valence-corrected chi connectivity index (χ3v) is 4.21. The van der Waals surface area contributed by atoms with Crippen molar-refractivity contribution in [3.8, 4) is 0 Å². The Kier molecular flexibility index (Phi) is 6.83. The monoisotopic (exact) mass is 340 g/mol. The van der Waals surface area contributed by atoms with Gasteiger partial charge in [-0.3, -0.25) is 5.73 Å². The highest BCUT2D eigenvalue weighted by Crippen LogP contribution is 2.26. The van der Waals surface area contributed by atoms with E-state index in [1.54, 1.807) is 32.4 Å². The molecule has 132 valence electrons. The average molecular weight is 340 g/mol. The predicted octanol–water partition coefficient (Wildman–Crippen LogP) is 1.65. The van der Waals surface area contributed by atoms with Crippen molar-refractivity contribution in [2.75, 3.05) is 7.11 Å². The van der Waals surface area contributed by atoms with Crippen LogP contribution in [0.15, 0.2) is 0 Å². The zero-order chi connectivity index (χ0) is 17.8. The molecule has 9 heteroatoms. The van der Waals surface area contributed by atoms with Crippen LogP contribution in [0.1, 0.15) is 54.4 Å². The van der Waals surface area contributed by atoms with Crippen molar-refractivity contribution in [2.45, 2.75) is 70.8 Å². The van der Waals surface area contributed by atoms with E-state index in [0.717, 1.165) is 0 Å². The Morgan fingerprint density at radius 1 is 1.18 bits per heavy atom. The van der Waals surface area contributed by atoms with Crippen molar-refractivity contribution in [2.24, 2.45) is 5.73 Å². The average Bonchev–Trinajstić information content (AvgIpc) is 2.24. The third kappa shape index (κ3) is 6.47. The quantitative estimate of drug-likeness (QED) is 0.677. The summed E-state index contributed by atoms with van der Waals surface area (Å²) in [5, 5.41) is -2.13. The molecule has 3 N–H and O–H groups in total. The topological polar surface area (TPSA) is 117 Å². The molecule has 22 heavy (non-hydrogen) atoms. The SMILES string of the molecule is CCCC(N)(OC(C)(C)OC)S(=O)(=O)NC(=O)OC(C)(C)C. The summed E-state index contributed by atoms with van der Waals surface area (Å²) in [5.41, 5.74) is 5.06. The van der Waals surface area contributed by atoms with E-state index >= 15 is 0 Å². The Morgan fingerprint density at radius 3 is 2.05 bits per heavy atom. The van der Waals surface area contributed by atoms with Crippen LogP contribution in [-0.2, 0) is 24.2 Å². The predicted molar refractivity (Wildman–Crippen MR) is 82.3 cm³/mol. The minimum absolute atomic E-state index is 0.0298. The fourth-order valence-corrected chi connectivity index (χ4v) is 2.76. The van der Waals surface area contributed by atoms with E-state index in [0.29, 0.717) is 6.42 Å². The number of rotatable bonds is 7. The van der Waals surface area contributed by atoms with Crippen molar-refractivity contribution in [3.63, 3.8) is 0 Å². The number of hydrogen-bond donors (Lipinski definition) is 2. The lowest BCUT2D eigenvalue weighted by atomic mass is 10.2. The minimum atomic E-state index is -4.35. The van der Waals surface area contributed by atoms with Crippen LogP contribution < -0.4 is 10.5 Å². The molecule has 0 aliphatic heterocycles. The maximum atomic E-state index is 12.4. The lowest BCUT2D eigenvalue weighted by molar-refractivity contribution is -0.236. The molecule has 0 aliphatic rings. The van der Waals surface area contributed by atoms with Gasteiger partial charge in [-0.15, -0.1) is 0 Å². The molecule has 0 rings (SSSR count). The summed E-state index contributed by atoms with van der Waals surface area (Å²) in [4.78, 5) is 11.7. The molecule has 8 nitrogen and oxygen atoms in total. The molecule has 1 unspecified atom stereocenters. The molecule has 0 aromatic rings. The smallest absolute Gasteiger partial charge is 0.421 e. The summed E-state index contributed by atoms with van der Waals surface area (Å²) in [6, 6.07) is 0. The second-order valence-corrected chi connectivity index (χ2v) is 8.28. The van der Waals surface area contributed by atoms with E-state index in [-0.39, 0.29) is 6.42 Å². The molecule has 0 spiro atoms. The summed E-state index contributed by atoms with van der Waals surface area (Å²) >= 11 is 0. The second-order valence-electron chi connectivity index (χ2n) is 6.38. The van der Waals surface area contributed by atoms with Crippen molar-refractivity contribution >= 4 is 16.1 Å². The summed E-state index contributed by atoms with van der Waals surface area (Å²) in [6.45, 7) is 9.64. The molecule has 1 amide bonds. The zero-order valence-electron chi connectivity index (χ0n) is 14.3. The van der Waals surface area contributed by atoms with Gasteiger partial charge in [-0.2, -0.15) is 0 Å². The van der Waals surface area contributed by atoms with E-state index < -0.39 is 32.6 Å². The van der Waals surface area contributed by atoms with Crippen LogP contribution in [0.4, 0.5) is 4.79 Å². The fourth-order valence-electron chi connectivity index (χ4n) is 1.54. The third-order valence-electron chi connectivity index (χ3n) is 2.58. The van der Waals surface area contributed by atoms with Crippen molar-refractivity contribution < 1.29 is 27.4 Å². The number of nitrogens with two attached hydrogens (primary N) is 1. The molecule has 0 saturated heterocycles. The second kappa shape index (κ2) is 7.12. The van der Waals surface area contributed by atoms with Gasteiger partial charge in [-0.1, -0.05) is 13.3 Å². The first-order chi connectivity index (χ1) is 9.68. The van der Waals surface area contributed by atoms with Gasteiger partial charge in [0.05, 0.1) is 0 Å². The zero-order valence-corrected chi connectivity index (χ0v) is 15.2. The van der Waals surface area contributed by atoms with Crippen LogP contribution in [0.5, 0.6) is 0 Å². The molecular weight excluding hydrogens is 312 g/mol. The number of amides is 1. The molecule has 0 aliphatic carbocycles. The maximum absolute atomic E-state index is 12.4. The number of carbonyl (C=O) groups is 1. The molecule has 0 fully saturated rings. The van der Waals surface area contributed by atoms with Gasteiger partial charge in [0.1, 0.15) is 5.60 Å². The Balaban J connectivity index is 5.34. The van der Waals surface area contributed by atoms with Gasteiger partial charge in [0.25, 0.3) is 10.0 Å². The highest BCUT2D eigenvalue weighted by molar-refractivity contribution is 7.91. The summed E-state index contributed by atoms with van der Waals surface area (Å²) < 4.78 is 42.0. The van der Waals surface area contributed by atoms with Gasteiger partial charge >= 0.3 is 6.09 Å². The first-order valence-electron chi connectivity index (χ1n) is 6.97. The lowest BCUT2D eigenvalue weighted by Crippen LogP contribution is -2.60. The molecule has 0 radical (unpaired) electrons. The van der Waals surface area contributed by atoms with Crippen LogP contribution in [0.2, 0.25) is 0 Å². The van der Waals surface area contributed by atoms with Crippen LogP contribution in [0.25, 0.3) is 0 Å². The number of hydrogen-bond acceptors (Lipinski definition) is 7. The number of nitrogens with one attached hydrogen (secondary N) is 1. The number of carbonyl (C=O) groups excluding carboxylic acids is 1.